The van der Waals surface area contributed by atoms with Gasteiger partial charge in [0.2, 0.25) is 5.88 Å². The molecule has 0 saturated heterocycles. The van der Waals surface area contributed by atoms with Gasteiger partial charge in [0.1, 0.15) is 17.5 Å². The standard InChI is InChI=1S/C16H23N3O4/c1-16(2,3)23-15(21)17-11-8-6-10-7-9-12(22-5)18-13(10)19(4)14(11)20/h7,9,11H,6,8H2,1-5H3,(H,17,21). The SMILES string of the molecule is COc1ccc2c(n1)N(C)C(=O)C(NC(=O)OC(C)(C)C)CC2. The molecule has 1 N–H and O–H groups in total. The number of carbonyl (C=O) groups excluding carboxylic acids is 2. The Morgan fingerprint density at radius 2 is 2.09 bits per heavy atom. The first kappa shape index (κ1) is 17.1. The van der Waals surface area contributed by atoms with E-state index in [1.54, 1.807) is 33.9 Å². The third-order valence-corrected chi connectivity index (χ3v) is 3.48. The molecule has 2 rings (SSSR count). The lowest BCUT2D eigenvalue weighted by Crippen LogP contribution is -2.48. The highest BCUT2D eigenvalue weighted by Gasteiger charge is 2.31. The van der Waals surface area contributed by atoms with Crippen LogP contribution >= 0.6 is 0 Å². The number of methoxy groups -OCH3 is 1. The largest absolute Gasteiger partial charge is 0.481 e. The van der Waals surface area contributed by atoms with Gasteiger partial charge in [0.25, 0.3) is 5.91 Å². The maximum Gasteiger partial charge on any atom is 0.408 e. The highest BCUT2D eigenvalue weighted by molar-refractivity contribution is 5.98. The second-order valence-corrected chi connectivity index (χ2v) is 6.47. The molecule has 0 saturated carbocycles. The Labute approximate surface area is 136 Å². The minimum atomic E-state index is -0.643. The van der Waals surface area contributed by atoms with Crippen molar-refractivity contribution in [2.75, 3.05) is 19.1 Å². The van der Waals surface area contributed by atoms with E-state index in [9.17, 15) is 9.59 Å². The summed E-state index contributed by atoms with van der Waals surface area (Å²) in [5, 5.41) is 2.65. The predicted molar refractivity (Wildman–Crippen MR) is 85.7 cm³/mol. The van der Waals surface area contributed by atoms with Crippen LogP contribution in [0.1, 0.15) is 32.8 Å². The summed E-state index contributed by atoms with van der Waals surface area (Å²) < 4.78 is 10.3. The number of alkyl carbamates (subject to hydrolysis) is 1. The topological polar surface area (TPSA) is 80.8 Å². The van der Waals surface area contributed by atoms with E-state index in [4.69, 9.17) is 9.47 Å². The van der Waals surface area contributed by atoms with E-state index in [-0.39, 0.29) is 5.91 Å². The van der Waals surface area contributed by atoms with E-state index < -0.39 is 17.7 Å². The summed E-state index contributed by atoms with van der Waals surface area (Å²) in [6.45, 7) is 5.33. The Kier molecular flexibility index (Phi) is 4.77. The number of likely N-dealkylation sites (N-methyl/N-ethyl adjacent to an activating group) is 1. The van der Waals surface area contributed by atoms with Gasteiger partial charge in [-0.3, -0.25) is 9.69 Å². The summed E-state index contributed by atoms with van der Waals surface area (Å²) in [5.41, 5.74) is 0.330. The Morgan fingerprint density at radius 3 is 2.70 bits per heavy atom. The van der Waals surface area contributed by atoms with Crippen LogP contribution in [0.15, 0.2) is 12.1 Å². The van der Waals surface area contributed by atoms with Crippen molar-refractivity contribution in [3.8, 4) is 5.88 Å². The van der Waals surface area contributed by atoms with Gasteiger partial charge in [0.15, 0.2) is 0 Å². The van der Waals surface area contributed by atoms with Gasteiger partial charge in [-0.05, 0) is 45.2 Å². The van der Waals surface area contributed by atoms with Crippen molar-refractivity contribution >= 4 is 17.8 Å². The molecule has 0 fully saturated rings. The summed E-state index contributed by atoms with van der Waals surface area (Å²) in [6.07, 6.45) is 0.521. The zero-order valence-corrected chi connectivity index (χ0v) is 14.2. The summed E-state index contributed by atoms with van der Waals surface area (Å²) in [4.78, 5) is 30.3. The van der Waals surface area contributed by atoms with E-state index in [0.717, 1.165) is 5.56 Å². The first-order valence-corrected chi connectivity index (χ1v) is 7.52. The average molecular weight is 321 g/mol. The predicted octanol–water partition coefficient (Wildman–Crippen LogP) is 1.89. The summed E-state index contributed by atoms with van der Waals surface area (Å²) >= 11 is 0. The highest BCUT2D eigenvalue weighted by atomic mass is 16.6. The lowest BCUT2D eigenvalue weighted by Gasteiger charge is -2.24. The molecule has 0 aromatic carbocycles. The lowest BCUT2D eigenvalue weighted by molar-refractivity contribution is -0.120. The number of anilines is 1. The molecule has 1 aliphatic heterocycles. The Bertz CT molecular complexity index is 610. The number of hydrogen-bond acceptors (Lipinski definition) is 5. The number of carbonyl (C=O) groups is 2. The van der Waals surface area contributed by atoms with Crippen molar-refractivity contribution in [2.45, 2.75) is 45.3 Å². The molecule has 1 atom stereocenters. The van der Waals surface area contributed by atoms with Gasteiger partial charge in [-0.25, -0.2) is 4.79 Å². The van der Waals surface area contributed by atoms with E-state index in [1.165, 1.54) is 12.0 Å². The summed E-state index contributed by atoms with van der Waals surface area (Å²) in [7, 11) is 3.17. The molecular weight excluding hydrogens is 298 g/mol. The van der Waals surface area contributed by atoms with Gasteiger partial charge in [0, 0.05) is 13.1 Å². The van der Waals surface area contributed by atoms with Crippen molar-refractivity contribution in [3.05, 3.63) is 17.7 Å². The number of fused-ring (bicyclic) bond motifs is 1. The molecule has 0 aliphatic carbocycles. The normalized spacial score (nSPS) is 18.0. The minimum Gasteiger partial charge on any atom is -0.481 e. The highest BCUT2D eigenvalue weighted by Crippen LogP contribution is 2.26. The lowest BCUT2D eigenvalue weighted by atomic mass is 10.1. The van der Waals surface area contributed by atoms with Crippen LogP contribution in [0.4, 0.5) is 10.6 Å². The van der Waals surface area contributed by atoms with Gasteiger partial charge in [0.05, 0.1) is 7.11 Å². The number of hydrogen-bond donors (Lipinski definition) is 1. The van der Waals surface area contributed by atoms with Crippen LogP contribution in [0.2, 0.25) is 0 Å². The third kappa shape index (κ3) is 4.12. The van der Waals surface area contributed by atoms with Crippen molar-refractivity contribution in [1.29, 1.82) is 0 Å². The van der Waals surface area contributed by atoms with Crippen LogP contribution in [0, 0.1) is 0 Å². The molecule has 1 aliphatic rings. The van der Waals surface area contributed by atoms with E-state index in [0.29, 0.717) is 24.5 Å². The van der Waals surface area contributed by atoms with Crippen LogP contribution in [-0.4, -0.2) is 42.8 Å². The monoisotopic (exact) mass is 321 g/mol. The fourth-order valence-electron chi connectivity index (χ4n) is 2.40. The molecule has 0 spiro atoms. The zero-order valence-electron chi connectivity index (χ0n) is 14.2. The van der Waals surface area contributed by atoms with Gasteiger partial charge in [-0.15, -0.1) is 0 Å². The van der Waals surface area contributed by atoms with Crippen molar-refractivity contribution in [3.63, 3.8) is 0 Å². The molecular formula is C16H23N3O4. The first-order valence-electron chi connectivity index (χ1n) is 7.52. The molecule has 2 amide bonds. The van der Waals surface area contributed by atoms with Gasteiger partial charge >= 0.3 is 6.09 Å². The molecule has 0 radical (unpaired) electrons. The molecule has 1 unspecified atom stereocenters. The molecule has 23 heavy (non-hydrogen) atoms. The van der Waals surface area contributed by atoms with E-state index >= 15 is 0 Å². The van der Waals surface area contributed by atoms with E-state index in [2.05, 4.69) is 10.3 Å². The number of nitrogens with one attached hydrogen (secondary N) is 1. The summed E-state index contributed by atoms with van der Waals surface area (Å²) in [6, 6.07) is 3.01. The first-order chi connectivity index (χ1) is 10.7. The van der Waals surface area contributed by atoms with Crippen molar-refractivity contribution in [1.82, 2.24) is 10.3 Å². The summed E-state index contributed by atoms with van der Waals surface area (Å²) in [5.74, 6) is 0.778. The number of pyridine rings is 1. The second kappa shape index (κ2) is 6.44. The maximum absolute atomic E-state index is 12.6. The number of nitrogens with zero attached hydrogens (tertiary/aromatic N) is 2. The Balaban J connectivity index is 2.16. The van der Waals surface area contributed by atoms with Crippen molar-refractivity contribution < 1.29 is 19.1 Å². The molecule has 1 aromatic heterocycles. The molecule has 7 heteroatoms. The quantitative estimate of drug-likeness (QED) is 0.899. The van der Waals surface area contributed by atoms with Crippen LogP contribution in [-0.2, 0) is 16.0 Å². The van der Waals surface area contributed by atoms with Crippen LogP contribution in [0.3, 0.4) is 0 Å². The number of rotatable bonds is 2. The molecule has 0 bridgehead atoms. The molecule has 1 aromatic rings. The number of ether oxygens (including phenoxy) is 2. The van der Waals surface area contributed by atoms with Crippen LogP contribution in [0.25, 0.3) is 0 Å². The number of aryl methyl sites for hydroxylation is 1. The average Bonchev–Trinajstić information content (AvgIpc) is 2.57. The smallest absolute Gasteiger partial charge is 0.408 e. The fraction of sp³-hybridized carbons (Fsp3) is 0.562. The Hall–Kier alpha value is -2.31. The minimum absolute atomic E-state index is 0.227. The molecule has 7 nitrogen and oxygen atoms in total. The van der Waals surface area contributed by atoms with Gasteiger partial charge in [-0.2, -0.15) is 4.98 Å². The number of aromatic nitrogens is 1. The second-order valence-electron chi connectivity index (χ2n) is 6.47. The molecule has 2 heterocycles. The van der Waals surface area contributed by atoms with Crippen molar-refractivity contribution in [2.24, 2.45) is 0 Å². The van der Waals surface area contributed by atoms with E-state index in [1.807, 2.05) is 6.07 Å². The number of amides is 2. The maximum atomic E-state index is 12.6. The Morgan fingerprint density at radius 1 is 1.39 bits per heavy atom. The van der Waals surface area contributed by atoms with Crippen LogP contribution < -0.4 is 15.0 Å². The zero-order chi connectivity index (χ0) is 17.2. The molecule has 126 valence electrons. The fourth-order valence-corrected chi connectivity index (χ4v) is 2.40. The van der Waals surface area contributed by atoms with Gasteiger partial charge in [-0.1, -0.05) is 0 Å². The third-order valence-electron chi connectivity index (χ3n) is 3.48. The van der Waals surface area contributed by atoms with Crippen LogP contribution in [0.5, 0.6) is 5.88 Å². The van der Waals surface area contributed by atoms with Gasteiger partial charge < -0.3 is 14.8 Å².